The maximum atomic E-state index is 11.9. The summed E-state index contributed by atoms with van der Waals surface area (Å²) >= 11 is 0. The lowest BCUT2D eigenvalue weighted by atomic mass is 10.1. The van der Waals surface area contributed by atoms with E-state index in [0.717, 1.165) is 32.2 Å². The van der Waals surface area contributed by atoms with Crippen LogP contribution in [0.3, 0.4) is 0 Å². The minimum absolute atomic E-state index is 0.102. The van der Waals surface area contributed by atoms with E-state index < -0.39 is 12.1 Å². The fourth-order valence-corrected chi connectivity index (χ4v) is 2.68. The second-order valence-corrected chi connectivity index (χ2v) is 5.17. The minimum atomic E-state index is -0.892. The Morgan fingerprint density at radius 3 is 2.78 bits per heavy atom. The van der Waals surface area contributed by atoms with Gasteiger partial charge in [-0.2, -0.15) is 0 Å². The zero-order valence-electron chi connectivity index (χ0n) is 10.6. The molecule has 2 atom stereocenters. The third-order valence-electron chi connectivity index (χ3n) is 3.73. The first kappa shape index (κ1) is 13.3. The van der Waals surface area contributed by atoms with Crippen molar-refractivity contribution in [3.05, 3.63) is 0 Å². The molecule has 0 saturated carbocycles. The van der Waals surface area contributed by atoms with Crippen molar-refractivity contribution in [1.29, 1.82) is 0 Å². The molecule has 2 saturated heterocycles. The number of carbonyl (C=O) groups is 2. The van der Waals surface area contributed by atoms with E-state index in [-0.39, 0.29) is 12.0 Å². The molecule has 2 rings (SSSR count). The van der Waals surface area contributed by atoms with E-state index >= 15 is 0 Å². The van der Waals surface area contributed by atoms with Crippen LogP contribution in [0.4, 0.5) is 0 Å². The van der Waals surface area contributed by atoms with Crippen LogP contribution in [0.25, 0.3) is 0 Å². The van der Waals surface area contributed by atoms with E-state index in [4.69, 9.17) is 9.84 Å². The highest BCUT2D eigenvalue weighted by molar-refractivity contribution is 5.76. The van der Waals surface area contributed by atoms with Gasteiger partial charge in [-0.1, -0.05) is 12.8 Å². The number of rotatable bonds is 3. The van der Waals surface area contributed by atoms with E-state index in [9.17, 15) is 9.59 Å². The smallest absolute Gasteiger partial charge is 0.332 e. The third kappa shape index (κ3) is 3.45. The van der Waals surface area contributed by atoms with Crippen LogP contribution < -0.4 is 0 Å². The normalized spacial score (nSPS) is 30.0. The number of nitrogens with zero attached hydrogens (tertiary/aromatic N) is 1. The van der Waals surface area contributed by atoms with Crippen LogP contribution in [0.1, 0.15) is 44.9 Å². The number of hydrogen-bond acceptors (Lipinski definition) is 3. The Bertz CT molecular complexity index is 318. The number of ether oxygens (including phenoxy) is 1. The Labute approximate surface area is 107 Å². The first-order valence-corrected chi connectivity index (χ1v) is 6.83. The molecule has 5 heteroatoms. The van der Waals surface area contributed by atoms with Crippen LogP contribution in [0.5, 0.6) is 0 Å². The van der Waals surface area contributed by atoms with Crippen molar-refractivity contribution < 1.29 is 19.4 Å². The second-order valence-electron chi connectivity index (χ2n) is 5.17. The number of aliphatic carboxylic acids is 1. The van der Waals surface area contributed by atoms with Crippen LogP contribution in [-0.4, -0.2) is 47.2 Å². The van der Waals surface area contributed by atoms with Crippen LogP contribution in [0.2, 0.25) is 0 Å². The molecule has 0 aromatic rings. The Morgan fingerprint density at radius 1 is 1.28 bits per heavy atom. The molecule has 1 amide bonds. The Kier molecular flexibility index (Phi) is 4.58. The predicted molar refractivity (Wildman–Crippen MR) is 65.2 cm³/mol. The third-order valence-corrected chi connectivity index (χ3v) is 3.73. The van der Waals surface area contributed by atoms with Gasteiger partial charge in [0, 0.05) is 19.5 Å². The Balaban J connectivity index is 1.84. The molecule has 5 nitrogen and oxygen atoms in total. The molecule has 0 aliphatic carbocycles. The van der Waals surface area contributed by atoms with Crippen LogP contribution in [-0.2, 0) is 14.3 Å². The standard InChI is InChI=1S/C13H21NO4/c15-12-5-3-1-2-4-8-14(12)9-10-6-7-11(18-10)13(16)17/h10-11H,1-9H2,(H,16,17). The van der Waals surface area contributed by atoms with Gasteiger partial charge in [-0.3, -0.25) is 4.79 Å². The average molecular weight is 255 g/mol. The van der Waals surface area contributed by atoms with Gasteiger partial charge in [0.25, 0.3) is 0 Å². The van der Waals surface area contributed by atoms with Crippen LogP contribution >= 0.6 is 0 Å². The lowest BCUT2D eigenvalue weighted by Crippen LogP contribution is -2.39. The van der Waals surface area contributed by atoms with Crippen LogP contribution in [0, 0.1) is 0 Å². The Hall–Kier alpha value is -1.10. The summed E-state index contributed by atoms with van der Waals surface area (Å²) in [6.07, 6.45) is 5.46. The van der Waals surface area contributed by atoms with Crippen molar-refractivity contribution >= 4 is 11.9 Å². The van der Waals surface area contributed by atoms with Gasteiger partial charge in [0.05, 0.1) is 6.10 Å². The van der Waals surface area contributed by atoms with Crippen LogP contribution in [0.15, 0.2) is 0 Å². The van der Waals surface area contributed by atoms with Gasteiger partial charge in [-0.15, -0.1) is 0 Å². The highest BCUT2D eigenvalue weighted by atomic mass is 16.5. The molecule has 1 N–H and O–H groups in total. The molecule has 0 aromatic carbocycles. The molecule has 2 unspecified atom stereocenters. The fraction of sp³-hybridized carbons (Fsp3) is 0.846. The largest absolute Gasteiger partial charge is 0.479 e. The molecule has 102 valence electrons. The Morgan fingerprint density at radius 2 is 2.06 bits per heavy atom. The summed E-state index contributed by atoms with van der Waals surface area (Å²) in [7, 11) is 0. The summed E-state index contributed by atoms with van der Waals surface area (Å²) in [5, 5.41) is 8.87. The first-order chi connectivity index (χ1) is 8.66. The van der Waals surface area contributed by atoms with Gasteiger partial charge >= 0.3 is 5.97 Å². The number of hydrogen-bond donors (Lipinski definition) is 1. The molecule has 0 aromatic heterocycles. The summed E-state index contributed by atoms with van der Waals surface area (Å²) in [5.41, 5.74) is 0. The molecular formula is C13H21NO4. The number of amides is 1. The number of likely N-dealkylation sites (tertiary alicyclic amines) is 1. The zero-order chi connectivity index (χ0) is 13.0. The van der Waals surface area contributed by atoms with Crippen molar-refractivity contribution in [2.45, 2.75) is 57.2 Å². The summed E-state index contributed by atoms with van der Waals surface area (Å²) in [5.74, 6) is -0.700. The van der Waals surface area contributed by atoms with Crippen molar-refractivity contribution in [1.82, 2.24) is 4.90 Å². The zero-order valence-corrected chi connectivity index (χ0v) is 10.6. The molecule has 2 fully saturated rings. The molecular weight excluding hydrogens is 234 g/mol. The highest BCUT2D eigenvalue weighted by Crippen LogP contribution is 2.22. The van der Waals surface area contributed by atoms with E-state index in [1.165, 1.54) is 6.42 Å². The van der Waals surface area contributed by atoms with Gasteiger partial charge in [-0.05, 0) is 25.7 Å². The summed E-state index contributed by atoms with van der Waals surface area (Å²) in [4.78, 5) is 24.6. The maximum absolute atomic E-state index is 11.9. The van der Waals surface area contributed by atoms with Crippen molar-refractivity contribution in [2.75, 3.05) is 13.1 Å². The van der Waals surface area contributed by atoms with Gasteiger partial charge in [0.2, 0.25) is 5.91 Å². The molecule has 2 aliphatic heterocycles. The first-order valence-electron chi connectivity index (χ1n) is 6.83. The number of carboxylic acid groups (broad SMARTS) is 1. The minimum Gasteiger partial charge on any atom is -0.479 e. The summed E-state index contributed by atoms with van der Waals surface area (Å²) < 4.78 is 5.45. The van der Waals surface area contributed by atoms with Crippen molar-refractivity contribution in [2.24, 2.45) is 0 Å². The highest BCUT2D eigenvalue weighted by Gasteiger charge is 2.32. The molecule has 0 spiro atoms. The topological polar surface area (TPSA) is 66.8 Å². The van der Waals surface area contributed by atoms with E-state index in [2.05, 4.69) is 0 Å². The number of carbonyl (C=O) groups excluding carboxylic acids is 1. The molecule has 18 heavy (non-hydrogen) atoms. The second kappa shape index (κ2) is 6.18. The summed E-state index contributed by atoms with van der Waals surface area (Å²) in [6, 6.07) is 0. The van der Waals surface area contributed by atoms with E-state index in [0.29, 0.717) is 19.4 Å². The number of carboxylic acids is 1. The van der Waals surface area contributed by atoms with Crippen molar-refractivity contribution in [3.63, 3.8) is 0 Å². The van der Waals surface area contributed by atoms with Crippen molar-refractivity contribution in [3.8, 4) is 0 Å². The summed E-state index contributed by atoms with van der Waals surface area (Å²) in [6.45, 7) is 1.35. The van der Waals surface area contributed by atoms with Gasteiger partial charge in [0.1, 0.15) is 0 Å². The van der Waals surface area contributed by atoms with Gasteiger partial charge in [0.15, 0.2) is 6.10 Å². The van der Waals surface area contributed by atoms with E-state index in [1.54, 1.807) is 0 Å². The molecule has 0 bridgehead atoms. The molecule has 0 radical (unpaired) electrons. The monoisotopic (exact) mass is 255 g/mol. The van der Waals surface area contributed by atoms with Gasteiger partial charge in [-0.25, -0.2) is 4.79 Å². The fourth-order valence-electron chi connectivity index (χ4n) is 2.68. The quantitative estimate of drug-likeness (QED) is 0.828. The van der Waals surface area contributed by atoms with E-state index in [1.807, 2.05) is 4.90 Å². The average Bonchev–Trinajstić information content (AvgIpc) is 2.77. The predicted octanol–water partition coefficient (Wildman–Crippen LogP) is 1.41. The molecule has 2 heterocycles. The van der Waals surface area contributed by atoms with Gasteiger partial charge < -0.3 is 14.7 Å². The lowest BCUT2D eigenvalue weighted by Gasteiger charge is -2.27. The lowest BCUT2D eigenvalue weighted by molar-refractivity contribution is -0.150. The maximum Gasteiger partial charge on any atom is 0.332 e. The molecule has 2 aliphatic rings. The SMILES string of the molecule is O=C(O)C1CCC(CN2CCCCCCC2=O)O1.